The predicted octanol–water partition coefficient (Wildman–Crippen LogP) is 0.686. The van der Waals surface area contributed by atoms with E-state index in [-0.39, 0.29) is 36.4 Å². The lowest BCUT2D eigenvalue weighted by Gasteiger charge is -2.29. The molecule has 2 N–H and O–H groups in total. The van der Waals surface area contributed by atoms with Gasteiger partial charge in [0.05, 0.1) is 12.6 Å². The van der Waals surface area contributed by atoms with Crippen LogP contribution in [0.15, 0.2) is 11.6 Å². The average Bonchev–Trinajstić information content (AvgIpc) is 2.39. The van der Waals surface area contributed by atoms with E-state index in [1.807, 2.05) is 27.7 Å². The van der Waals surface area contributed by atoms with Crippen molar-refractivity contribution in [3.8, 4) is 0 Å². The Bertz CT molecular complexity index is 403. The van der Waals surface area contributed by atoms with Gasteiger partial charge in [-0.2, -0.15) is 0 Å². The molecule has 6 heteroatoms. The monoisotopic (exact) mass is 297 g/mol. The van der Waals surface area contributed by atoms with Crippen LogP contribution >= 0.6 is 0 Å². The third kappa shape index (κ3) is 6.92. The minimum absolute atomic E-state index is 0.0473. The first-order valence-corrected chi connectivity index (χ1v) is 7.12. The molecule has 0 heterocycles. The largest absolute Gasteiger partial charge is 0.350 e. The second kappa shape index (κ2) is 9.15. The van der Waals surface area contributed by atoms with E-state index < -0.39 is 0 Å². The van der Waals surface area contributed by atoms with Crippen molar-refractivity contribution in [1.82, 2.24) is 15.5 Å². The zero-order valence-corrected chi connectivity index (χ0v) is 13.8. The topological polar surface area (TPSA) is 78.5 Å². The number of amides is 3. The first-order chi connectivity index (χ1) is 9.70. The van der Waals surface area contributed by atoms with E-state index in [4.69, 9.17) is 0 Å². The van der Waals surface area contributed by atoms with Crippen LogP contribution in [0.5, 0.6) is 0 Å². The minimum Gasteiger partial charge on any atom is -0.350 e. The Balaban J connectivity index is 5.01. The molecule has 0 aromatic heterocycles. The lowest BCUT2D eigenvalue weighted by molar-refractivity contribution is -0.132. The van der Waals surface area contributed by atoms with Crippen LogP contribution in [-0.4, -0.2) is 48.8 Å². The Morgan fingerprint density at radius 3 is 2.19 bits per heavy atom. The Morgan fingerprint density at radius 1 is 1.19 bits per heavy atom. The summed E-state index contributed by atoms with van der Waals surface area (Å²) in [4.78, 5) is 35.7. The number of nitrogens with one attached hydrogen (secondary N) is 2. The standard InChI is InChI=1S/C15H27N3O3/c1-10(2)13(18(6)14(20)8-16-9-19)7-12(5)15(21)17-11(3)4/h7,9-11,13H,8H2,1-6H3,(H,16,19)(H,17,21)/b12-7+/t13-/m1/s1. The van der Waals surface area contributed by atoms with Gasteiger partial charge in [-0.3, -0.25) is 14.4 Å². The Kier molecular flexibility index (Phi) is 8.35. The van der Waals surface area contributed by atoms with E-state index in [1.165, 1.54) is 0 Å². The fraction of sp³-hybridized carbons (Fsp3) is 0.667. The second-order valence-corrected chi connectivity index (χ2v) is 5.72. The third-order valence-corrected chi connectivity index (χ3v) is 3.06. The van der Waals surface area contributed by atoms with Gasteiger partial charge in [-0.1, -0.05) is 19.9 Å². The van der Waals surface area contributed by atoms with Crippen LogP contribution in [-0.2, 0) is 14.4 Å². The van der Waals surface area contributed by atoms with E-state index >= 15 is 0 Å². The molecular weight excluding hydrogens is 270 g/mol. The van der Waals surface area contributed by atoms with Crippen LogP contribution in [0.2, 0.25) is 0 Å². The summed E-state index contributed by atoms with van der Waals surface area (Å²) in [6.07, 6.45) is 2.29. The molecule has 0 spiro atoms. The summed E-state index contributed by atoms with van der Waals surface area (Å²) in [5, 5.41) is 5.17. The maximum atomic E-state index is 12.0. The Hall–Kier alpha value is -1.85. The molecule has 0 saturated carbocycles. The van der Waals surface area contributed by atoms with E-state index in [2.05, 4.69) is 10.6 Å². The van der Waals surface area contributed by atoms with Crippen molar-refractivity contribution in [3.05, 3.63) is 11.6 Å². The summed E-state index contributed by atoms with van der Waals surface area (Å²) in [5.41, 5.74) is 0.574. The normalized spacial score (nSPS) is 13.0. The molecule has 0 unspecified atom stereocenters. The molecule has 0 aromatic carbocycles. The van der Waals surface area contributed by atoms with Gasteiger partial charge in [0.15, 0.2) is 0 Å². The summed E-state index contributed by atoms with van der Waals surface area (Å²) in [6.45, 7) is 9.43. The molecule has 0 bridgehead atoms. The average molecular weight is 297 g/mol. The molecule has 0 aliphatic rings. The SMILES string of the molecule is C/C(=C\[C@H](C(C)C)N(C)C(=O)CNC=O)C(=O)NC(C)C. The quantitative estimate of drug-likeness (QED) is 0.511. The van der Waals surface area contributed by atoms with Crippen molar-refractivity contribution >= 4 is 18.2 Å². The highest BCUT2D eigenvalue weighted by molar-refractivity contribution is 5.93. The van der Waals surface area contributed by atoms with Crippen molar-refractivity contribution < 1.29 is 14.4 Å². The Morgan fingerprint density at radius 2 is 1.76 bits per heavy atom. The number of rotatable bonds is 8. The van der Waals surface area contributed by atoms with Gasteiger partial charge in [0.1, 0.15) is 0 Å². The molecular formula is C15H27N3O3. The zero-order valence-electron chi connectivity index (χ0n) is 13.8. The fourth-order valence-electron chi connectivity index (χ4n) is 1.88. The van der Waals surface area contributed by atoms with Gasteiger partial charge in [-0.15, -0.1) is 0 Å². The molecule has 0 aliphatic carbocycles. The van der Waals surface area contributed by atoms with Crippen LogP contribution in [0.4, 0.5) is 0 Å². The second-order valence-electron chi connectivity index (χ2n) is 5.72. The van der Waals surface area contributed by atoms with Gasteiger partial charge in [0, 0.05) is 18.7 Å². The molecule has 3 amide bonds. The third-order valence-electron chi connectivity index (χ3n) is 3.06. The van der Waals surface area contributed by atoms with Gasteiger partial charge in [-0.25, -0.2) is 0 Å². The van der Waals surface area contributed by atoms with Crippen molar-refractivity contribution in [2.75, 3.05) is 13.6 Å². The molecule has 1 atom stereocenters. The van der Waals surface area contributed by atoms with Crippen LogP contribution in [0.25, 0.3) is 0 Å². The van der Waals surface area contributed by atoms with Gasteiger partial charge < -0.3 is 15.5 Å². The minimum atomic E-state index is -0.205. The van der Waals surface area contributed by atoms with E-state index in [0.29, 0.717) is 12.0 Å². The van der Waals surface area contributed by atoms with Crippen LogP contribution < -0.4 is 10.6 Å². The molecule has 21 heavy (non-hydrogen) atoms. The fourth-order valence-corrected chi connectivity index (χ4v) is 1.88. The van der Waals surface area contributed by atoms with E-state index in [9.17, 15) is 14.4 Å². The number of likely N-dealkylation sites (N-methyl/N-ethyl adjacent to an activating group) is 1. The maximum Gasteiger partial charge on any atom is 0.246 e. The predicted molar refractivity (Wildman–Crippen MR) is 82.5 cm³/mol. The first-order valence-electron chi connectivity index (χ1n) is 7.12. The number of nitrogens with zero attached hydrogens (tertiary/aromatic N) is 1. The lowest BCUT2D eigenvalue weighted by Crippen LogP contribution is -2.44. The van der Waals surface area contributed by atoms with Gasteiger partial charge in [0.25, 0.3) is 0 Å². The molecule has 0 aliphatic heterocycles. The number of hydrogen-bond acceptors (Lipinski definition) is 3. The van der Waals surface area contributed by atoms with Crippen LogP contribution in [0, 0.1) is 5.92 Å². The van der Waals surface area contributed by atoms with E-state index in [0.717, 1.165) is 0 Å². The highest BCUT2D eigenvalue weighted by Crippen LogP contribution is 2.13. The number of hydrogen-bond donors (Lipinski definition) is 2. The summed E-state index contributed by atoms with van der Waals surface area (Å²) in [7, 11) is 1.67. The van der Waals surface area contributed by atoms with Crippen LogP contribution in [0.3, 0.4) is 0 Å². The summed E-state index contributed by atoms with van der Waals surface area (Å²) in [6, 6.07) is -0.140. The lowest BCUT2D eigenvalue weighted by atomic mass is 9.99. The van der Waals surface area contributed by atoms with Crippen molar-refractivity contribution in [2.24, 2.45) is 5.92 Å². The summed E-state index contributed by atoms with van der Waals surface area (Å²) in [5.74, 6) is -0.186. The molecule has 0 rings (SSSR count). The number of carbonyl (C=O) groups is 3. The molecule has 120 valence electrons. The van der Waals surface area contributed by atoms with Gasteiger partial charge in [0.2, 0.25) is 18.2 Å². The zero-order chi connectivity index (χ0) is 16.6. The molecule has 6 nitrogen and oxygen atoms in total. The summed E-state index contributed by atoms with van der Waals surface area (Å²) < 4.78 is 0. The molecule has 0 saturated heterocycles. The van der Waals surface area contributed by atoms with Crippen molar-refractivity contribution in [3.63, 3.8) is 0 Å². The maximum absolute atomic E-state index is 12.0. The van der Waals surface area contributed by atoms with Crippen molar-refractivity contribution in [2.45, 2.75) is 46.7 Å². The summed E-state index contributed by atoms with van der Waals surface area (Å²) >= 11 is 0. The Labute approximate surface area is 127 Å². The van der Waals surface area contributed by atoms with E-state index in [1.54, 1.807) is 24.9 Å². The molecule has 0 fully saturated rings. The highest BCUT2D eigenvalue weighted by atomic mass is 16.2. The van der Waals surface area contributed by atoms with Crippen LogP contribution in [0.1, 0.15) is 34.6 Å². The smallest absolute Gasteiger partial charge is 0.246 e. The first kappa shape index (κ1) is 19.1. The number of carbonyl (C=O) groups excluding carboxylic acids is 3. The molecule has 0 radical (unpaired) electrons. The van der Waals surface area contributed by atoms with Gasteiger partial charge >= 0.3 is 0 Å². The molecule has 0 aromatic rings. The highest BCUT2D eigenvalue weighted by Gasteiger charge is 2.22. The van der Waals surface area contributed by atoms with Gasteiger partial charge in [-0.05, 0) is 26.7 Å². The van der Waals surface area contributed by atoms with Crippen molar-refractivity contribution in [1.29, 1.82) is 0 Å².